The molecule has 1 atom stereocenters. The van der Waals surface area contributed by atoms with Crippen molar-refractivity contribution in [1.29, 1.82) is 0 Å². The average molecular weight is 403 g/mol. The van der Waals surface area contributed by atoms with Crippen molar-refractivity contribution in [2.24, 2.45) is 5.92 Å². The van der Waals surface area contributed by atoms with Crippen LogP contribution in [0, 0.1) is 12.8 Å². The summed E-state index contributed by atoms with van der Waals surface area (Å²) >= 11 is 5.17. The highest BCUT2D eigenvalue weighted by Gasteiger charge is 2.23. The van der Waals surface area contributed by atoms with Crippen LogP contribution in [0.3, 0.4) is 0 Å². The maximum atomic E-state index is 13.2. The number of halogens is 1. The third-order valence-electron chi connectivity index (χ3n) is 4.86. The van der Waals surface area contributed by atoms with Gasteiger partial charge in [0.2, 0.25) is 0 Å². The Hall–Kier alpha value is -1.46. The second kappa shape index (κ2) is 6.12. The first-order valence-electron chi connectivity index (χ1n) is 8.29. The molecule has 1 aliphatic carbocycles. The molecule has 2 aromatic heterocycles. The predicted molar refractivity (Wildman–Crippen MR) is 103 cm³/mol. The summed E-state index contributed by atoms with van der Waals surface area (Å²) in [6, 6.07) is 8.11. The Morgan fingerprint density at radius 2 is 2.08 bits per heavy atom. The summed E-state index contributed by atoms with van der Waals surface area (Å²) in [5.41, 5.74) is 2.49. The lowest BCUT2D eigenvalue weighted by Gasteiger charge is -2.17. The van der Waals surface area contributed by atoms with Crippen molar-refractivity contribution in [3.05, 3.63) is 60.9 Å². The zero-order valence-electron chi connectivity index (χ0n) is 13.8. The molecule has 24 heavy (non-hydrogen) atoms. The predicted octanol–water partition coefficient (Wildman–Crippen LogP) is 4.70. The van der Waals surface area contributed by atoms with Gasteiger partial charge >= 0.3 is 0 Å². The minimum Gasteiger partial charge on any atom is -0.292 e. The highest BCUT2D eigenvalue weighted by Crippen LogP contribution is 2.35. The molecule has 2 heterocycles. The monoisotopic (exact) mass is 402 g/mol. The van der Waals surface area contributed by atoms with Crippen LogP contribution in [0.5, 0.6) is 0 Å². The van der Waals surface area contributed by atoms with Crippen molar-refractivity contribution in [3.8, 4) is 0 Å². The lowest BCUT2D eigenvalue weighted by atomic mass is 9.89. The van der Waals surface area contributed by atoms with Crippen molar-refractivity contribution in [1.82, 2.24) is 9.55 Å². The molecule has 1 unspecified atom stereocenters. The minimum absolute atomic E-state index is 0.118. The molecule has 0 radical (unpaired) electrons. The molecular formula is C19H19BrN2OS. The summed E-state index contributed by atoms with van der Waals surface area (Å²) in [6.45, 7) is 4.79. The molecule has 1 aromatic carbocycles. The van der Waals surface area contributed by atoms with E-state index < -0.39 is 0 Å². The van der Waals surface area contributed by atoms with E-state index in [0.717, 1.165) is 38.9 Å². The lowest BCUT2D eigenvalue weighted by Crippen LogP contribution is -2.25. The molecule has 0 aliphatic heterocycles. The van der Waals surface area contributed by atoms with Crippen LogP contribution < -0.4 is 5.56 Å². The minimum atomic E-state index is 0.118. The molecule has 0 bridgehead atoms. The fourth-order valence-corrected chi connectivity index (χ4v) is 5.17. The van der Waals surface area contributed by atoms with E-state index in [0.29, 0.717) is 12.5 Å². The first-order chi connectivity index (χ1) is 11.5. The van der Waals surface area contributed by atoms with Crippen LogP contribution in [-0.2, 0) is 19.4 Å². The van der Waals surface area contributed by atoms with Gasteiger partial charge in [-0.1, -0.05) is 35.0 Å². The number of hydrogen-bond donors (Lipinski definition) is 0. The average Bonchev–Trinajstić information content (AvgIpc) is 2.90. The van der Waals surface area contributed by atoms with Gasteiger partial charge in [0.25, 0.3) is 5.56 Å². The highest BCUT2D eigenvalue weighted by molar-refractivity contribution is 9.10. The quantitative estimate of drug-likeness (QED) is 0.622. The maximum absolute atomic E-state index is 13.2. The smallest absolute Gasteiger partial charge is 0.262 e. The van der Waals surface area contributed by atoms with E-state index in [1.165, 1.54) is 16.9 Å². The lowest BCUT2D eigenvalue weighted by molar-refractivity contribution is 0.509. The van der Waals surface area contributed by atoms with Gasteiger partial charge in [-0.25, -0.2) is 4.98 Å². The van der Waals surface area contributed by atoms with E-state index in [1.807, 2.05) is 35.8 Å². The first-order valence-corrected chi connectivity index (χ1v) is 9.90. The normalized spacial score (nSPS) is 17.2. The molecule has 3 nitrogen and oxygen atoms in total. The number of fused-ring (bicyclic) bond motifs is 3. The van der Waals surface area contributed by atoms with Crippen LogP contribution in [-0.4, -0.2) is 9.55 Å². The number of thiophene rings is 1. The van der Waals surface area contributed by atoms with Gasteiger partial charge in [-0.2, -0.15) is 0 Å². The third-order valence-corrected chi connectivity index (χ3v) is 6.54. The number of benzene rings is 1. The zero-order chi connectivity index (χ0) is 16.8. The summed E-state index contributed by atoms with van der Waals surface area (Å²) in [4.78, 5) is 20.2. The van der Waals surface area contributed by atoms with Crippen molar-refractivity contribution in [3.63, 3.8) is 0 Å². The molecule has 3 aromatic rings. The molecule has 0 N–H and O–H groups in total. The number of rotatable bonds is 2. The molecular weight excluding hydrogens is 384 g/mol. The topological polar surface area (TPSA) is 34.9 Å². The SMILES string of the molecule is Cc1nc2sc3c(c2c(=O)n1Cc1ccc(Br)cc1)CCC(C)C3. The molecule has 0 spiro atoms. The Morgan fingerprint density at radius 1 is 1.33 bits per heavy atom. The summed E-state index contributed by atoms with van der Waals surface area (Å²) in [5, 5.41) is 0.865. The van der Waals surface area contributed by atoms with Gasteiger partial charge in [0.1, 0.15) is 10.7 Å². The van der Waals surface area contributed by atoms with Crippen LogP contribution >= 0.6 is 27.3 Å². The molecule has 0 saturated heterocycles. The fraction of sp³-hybridized carbons (Fsp3) is 0.368. The number of hydrogen-bond acceptors (Lipinski definition) is 3. The largest absolute Gasteiger partial charge is 0.292 e. The van der Waals surface area contributed by atoms with Crippen LogP contribution in [0.25, 0.3) is 10.2 Å². The van der Waals surface area contributed by atoms with Crippen LogP contribution in [0.4, 0.5) is 0 Å². The standard InChI is InChI=1S/C19H19BrN2OS/c1-11-3-8-15-16(9-11)24-18-17(15)19(23)22(12(2)21-18)10-13-4-6-14(20)7-5-13/h4-7,11H,3,8-10H2,1-2H3. The fourth-order valence-electron chi connectivity index (χ4n) is 3.48. The number of nitrogens with zero attached hydrogens (tertiary/aromatic N) is 2. The maximum Gasteiger partial charge on any atom is 0.262 e. The summed E-state index contributed by atoms with van der Waals surface area (Å²) in [5.74, 6) is 1.50. The van der Waals surface area contributed by atoms with Crippen molar-refractivity contribution >= 4 is 37.5 Å². The van der Waals surface area contributed by atoms with Crippen LogP contribution in [0.15, 0.2) is 33.5 Å². The van der Waals surface area contributed by atoms with E-state index in [2.05, 4.69) is 22.9 Å². The van der Waals surface area contributed by atoms with Crippen molar-refractivity contribution < 1.29 is 0 Å². The van der Waals surface area contributed by atoms with Gasteiger partial charge < -0.3 is 0 Å². The highest BCUT2D eigenvalue weighted by atomic mass is 79.9. The molecule has 5 heteroatoms. The van der Waals surface area contributed by atoms with Gasteiger partial charge in [0.05, 0.1) is 11.9 Å². The van der Waals surface area contributed by atoms with E-state index in [9.17, 15) is 4.79 Å². The number of aryl methyl sites for hydroxylation is 2. The summed E-state index contributed by atoms with van der Waals surface area (Å²) in [6.07, 6.45) is 3.26. The van der Waals surface area contributed by atoms with E-state index in [1.54, 1.807) is 11.3 Å². The zero-order valence-corrected chi connectivity index (χ0v) is 16.2. The molecule has 4 rings (SSSR count). The molecule has 1 aliphatic rings. The van der Waals surface area contributed by atoms with Crippen molar-refractivity contribution in [2.75, 3.05) is 0 Å². The van der Waals surface area contributed by atoms with Crippen molar-refractivity contribution in [2.45, 2.75) is 39.7 Å². The second-order valence-corrected chi connectivity index (χ2v) is 8.71. The van der Waals surface area contributed by atoms with Crippen LogP contribution in [0.1, 0.15) is 35.2 Å². The van der Waals surface area contributed by atoms with Gasteiger partial charge in [0.15, 0.2) is 0 Å². The Kier molecular flexibility index (Phi) is 4.09. The number of aromatic nitrogens is 2. The Morgan fingerprint density at radius 3 is 2.83 bits per heavy atom. The third kappa shape index (κ3) is 2.74. The van der Waals surface area contributed by atoms with E-state index in [-0.39, 0.29) is 5.56 Å². The van der Waals surface area contributed by atoms with Gasteiger partial charge in [0, 0.05) is 9.35 Å². The van der Waals surface area contributed by atoms with Gasteiger partial charge in [-0.05, 0) is 55.4 Å². The molecule has 0 saturated carbocycles. The van der Waals surface area contributed by atoms with Gasteiger partial charge in [-0.3, -0.25) is 9.36 Å². The Balaban J connectivity index is 1.84. The summed E-state index contributed by atoms with van der Waals surface area (Å²) in [7, 11) is 0. The molecule has 0 fully saturated rings. The van der Waals surface area contributed by atoms with Crippen LogP contribution in [0.2, 0.25) is 0 Å². The van der Waals surface area contributed by atoms with Gasteiger partial charge in [-0.15, -0.1) is 11.3 Å². The Bertz CT molecular complexity index is 972. The summed E-state index contributed by atoms with van der Waals surface area (Å²) < 4.78 is 2.86. The van der Waals surface area contributed by atoms with E-state index in [4.69, 9.17) is 4.98 Å². The molecule has 124 valence electrons. The van der Waals surface area contributed by atoms with E-state index >= 15 is 0 Å². The second-order valence-electron chi connectivity index (χ2n) is 6.71. The first kappa shape index (κ1) is 16.0. The molecule has 0 amide bonds. The Labute approximate surface area is 153 Å².